The van der Waals surface area contributed by atoms with E-state index in [1.807, 2.05) is 31.2 Å². The molecule has 0 aliphatic rings. The minimum Gasteiger partial charge on any atom is -0.392 e. The van der Waals surface area contributed by atoms with Crippen molar-refractivity contribution in [1.29, 1.82) is 0 Å². The van der Waals surface area contributed by atoms with Gasteiger partial charge in [-0.1, -0.05) is 11.6 Å². The van der Waals surface area contributed by atoms with E-state index < -0.39 is 0 Å². The summed E-state index contributed by atoms with van der Waals surface area (Å²) >= 11 is 7.48. The molecule has 0 bridgehead atoms. The first-order valence-electron chi connectivity index (χ1n) is 5.49. The van der Waals surface area contributed by atoms with Gasteiger partial charge in [0.1, 0.15) is 5.82 Å². The Labute approximate surface area is 115 Å². The highest BCUT2D eigenvalue weighted by Crippen LogP contribution is 2.23. The summed E-state index contributed by atoms with van der Waals surface area (Å²) in [6.45, 7) is 1.86. The van der Waals surface area contributed by atoms with Crippen molar-refractivity contribution in [2.24, 2.45) is 0 Å². The summed E-state index contributed by atoms with van der Waals surface area (Å²) in [5.74, 6) is 1.47. The molecule has 0 spiro atoms. The Balaban J connectivity index is 2.02. The van der Waals surface area contributed by atoms with Crippen LogP contribution in [0.1, 0.15) is 17.1 Å². The van der Waals surface area contributed by atoms with Crippen LogP contribution in [0.3, 0.4) is 0 Å². The van der Waals surface area contributed by atoms with E-state index in [4.69, 9.17) is 16.7 Å². The normalized spacial score (nSPS) is 10.6. The minimum atomic E-state index is -0.0174. The van der Waals surface area contributed by atoms with Crippen molar-refractivity contribution in [3.05, 3.63) is 52.6 Å². The van der Waals surface area contributed by atoms with Gasteiger partial charge >= 0.3 is 0 Å². The molecule has 2 rings (SSSR count). The number of aliphatic hydroxyl groups excluding tert-OH is 1. The van der Waals surface area contributed by atoms with Gasteiger partial charge in [0.2, 0.25) is 0 Å². The molecule has 0 saturated heterocycles. The lowest BCUT2D eigenvalue weighted by Gasteiger charge is -2.04. The third-order valence-corrected chi connectivity index (χ3v) is 3.74. The molecule has 0 radical (unpaired) electrons. The van der Waals surface area contributed by atoms with Crippen LogP contribution in [0, 0.1) is 6.92 Å². The molecule has 94 valence electrons. The minimum absolute atomic E-state index is 0.0174. The largest absolute Gasteiger partial charge is 0.392 e. The van der Waals surface area contributed by atoms with E-state index in [1.54, 1.807) is 18.0 Å². The maximum Gasteiger partial charge on any atom is 0.138 e. The molecule has 0 aliphatic heterocycles. The van der Waals surface area contributed by atoms with E-state index in [1.165, 1.54) is 0 Å². The van der Waals surface area contributed by atoms with Crippen LogP contribution < -0.4 is 0 Å². The highest BCUT2D eigenvalue weighted by atomic mass is 35.5. The fraction of sp³-hybridized carbons (Fsp3) is 0.231. The van der Waals surface area contributed by atoms with Gasteiger partial charge in [-0.2, -0.15) is 0 Å². The third kappa shape index (κ3) is 3.45. The average molecular weight is 281 g/mol. The molecule has 1 heterocycles. The Hall–Kier alpha value is -1.10. The number of benzene rings is 1. The van der Waals surface area contributed by atoms with E-state index >= 15 is 0 Å². The predicted molar refractivity (Wildman–Crippen MR) is 73.7 cm³/mol. The van der Waals surface area contributed by atoms with Crippen LogP contribution in [-0.2, 0) is 12.4 Å². The standard InChI is InChI=1S/C13H13ClN2OS/c1-9-10(7-17)6-15-13(16-9)8-18-12-4-2-11(14)3-5-12/h2-6,17H,7-8H2,1H3. The van der Waals surface area contributed by atoms with Crippen molar-refractivity contribution in [2.75, 3.05) is 0 Å². The quantitative estimate of drug-likeness (QED) is 0.874. The Morgan fingerprint density at radius 2 is 2.00 bits per heavy atom. The van der Waals surface area contributed by atoms with Gasteiger partial charge < -0.3 is 5.11 Å². The molecule has 0 saturated carbocycles. The number of aliphatic hydroxyl groups is 1. The predicted octanol–water partition coefficient (Wildman–Crippen LogP) is 3.22. The molecule has 1 aromatic heterocycles. The number of thioether (sulfide) groups is 1. The van der Waals surface area contributed by atoms with Crippen molar-refractivity contribution in [3.8, 4) is 0 Å². The second-order valence-electron chi connectivity index (χ2n) is 3.80. The lowest BCUT2D eigenvalue weighted by molar-refractivity contribution is 0.280. The monoisotopic (exact) mass is 280 g/mol. The molecular formula is C13H13ClN2OS. The van der Waals surface area contributed by atoms with Gasteiger partial charge in [-0.15, -0.1) is 11.8 Å². The summed E-state index contributed by atoms with van der Waals surface area (Å²) in [5, 5.41) is 9.78. The second-order valence-corrected chi connectivity index (χ2v) is 5.28. The average Bonchev–Trinajstić information content (AvgIpc) is 2.38. The van der Waals surface area contributed by atoms with Crippen LogP contribution in [0.2, 0.25) is 5.02 Å². The van der Waals surface area contributed by atoms with Crippen molar-refractivity contribution in [2.45, 2.75) is 24.2 Å². The lowest BCUT2D eigenvalue weighted by atomic mass is 10.2. The summed E-state index contributed by atoms with van der Waals surface area (Å²) in [4.78, 5) is 9.71. The number of hydrogen-bond donors (Lipinski definition) is 1. The summed E-state index contributed by atoms with van der Waals surface area (Å²) in [7, 11) is 0. The van der Waals surface area contributed by atoms with Crippen LogP contribution in [-0.4, -0.2) is 15.1 Å². The van der Waals surface area contributed by atoms with Crippen molar-refractivity contribution in [1.82, 2.24) is 9.97 Å². The summed E-state index contributed by atoms with van der Waals surface area (Å²) < 4.78 is 0. The molecule has 0 fully saturated rings. The summed E-state index contributed by atoms with van der Waals surface area (Å²) in [5.41, 5.74) is 1.61. The van der Waals surface area contributed by atoms with E-state index in [0.29, 0.717) is 5.75 Å². The molecule has 1 N–H and O–H groups in total. The number of aromatic nitrogens is 2. The summed E-state index contributed by atoms with van der Waals surface area (Å²) in [6, 6.07) is 7.68. The van der Waals surface area contributed by atoms with Crippen molar-refractivity contribution < 1.29 is 5.11 Å². The third-order valence-electron chi connectivity index (χ3n) is 2.48. The number of nitrogens with zero attached hydrogens (tertiary/aromatic N) is 2. The number of halogens is 1. The Morgan fingerprint density at radius 3 is 2.61 bits per heavy atom. The van der Waals surface area contributed by atoms with Gasteiger partial charge in [-0.3, -0.25) is 0 Å². The number of hydrogen-bond acceptors (Lipinski definition) is 4. The lowest BCUT2D eigenvalue weighted by Crippen LogP contribution is -1.99. The maximum atomic E-state index is 9.05. The van der Waals surface area contributed by atoms with Gasteiger partial charge in [-0.25, -0.2) is 9.97 Å². The first-order valence-corrected chi connectivity index (χ1v) is 6.86. The van der Waals surface area contributed by atoms with Crippen LogP contribution in [0.25, 0.3) is 0 Å². The first kappa shape index (κ1) is 13.3. The van der Waals surface area contributed by atoms with E-state index in [0.717, 1.165) is 27.0 Å². The van der Waals surface area contributed by atoms with E-state index in [9.17, 15) is 0 Å². The molecule has 2 aromatic rings. The van der Waals surface area contributed by atoms with Crippen molar-refractivity contribution >= 4 is 23.4 Å². The van der Waals surface area contributed by atoms with Gasteiger partial charge in [0.25, 0.3) is 0 Å². The van der Waals surface area contributed by atoms with Gasteiger partial charge in [0, 0.05) is 27.4 Å². The highest BCUT2D eigenvalue weighted by Gasteiger charge is 2.03. The highest BCUT2D eigenvalue weighted by molar-refractivity contribution is 7.98. The second kappa shape index (κ2) is 6.18. The molecule has 18 heavy (non-hydrogen) atoms. The fourth-order valence-corrected chi connectivity index (χ4v) is 2.33. The van der Waals surface area contributed by atoms with Crippen LogP contribution in [0.5, 0.6) is 0 Å². The van der Waals surface area contributed by atoms with Crippen LogP contribution in [0.15, 0.2) is 35.4 Å². The smallest absolute Gasteiger partial charge is 0.138 e. The molecular weight excluding hydrogens is 268 g/mol. The molecule has 0 aliphatic carbocycles. The molecule has 0 amide bonds. The van der Waals surface area contributed by atoms with Gasteiger partial charge in [0.05, 0.1) is 12.4 Å². The molecule has 1 aromatic carbocycles. The van der Waals surface area contributed by atoms with Gasteiger partial charge in [-0.05, 0) is 31.2 Å². The molecule has 5 heteroatoms. The Bertz CT molecular complexity index is 531. The van der Waals surface area contributed by atoms with Gasteiger partial charge in [0.15, 0.2) is 0 Å². The zero-order valence-electron chi connectivity index (χ0n) is 9.93. The topological polar surface area (TPSA) is 46.0 Å². The van der Waals surface area contributed by atoms with Crippen molar-refractivity contribution in [3.63, 3.8) is 0 Å². The first-order chi connectivity index (χ1) is 8.69. The number of aryl methyl sites for hydroxylation is 1. The zero-order valence-corrected chi connectivity index (χ0v) is 11.5. The fourth-order valence-electron chi connectivity index (χ4n) is 1.44. The van der Waals surface area contributed by atoms with Crippen LogP contribution in [0.4, 0.5) is 0 Å². The SMILES string of the molecule is Cc1nc(CSc2ccc(Cl)cc2)ncc1CO. The number of rotatable bonds is 4. The Morgan fingerprint density at radius 1 is 1.28 bits per heavy atom. The Kier molecular flexibility index (Phi) is 4.58. The van der Waals surface area contributed by atoms with E-state index in [-0.39, 0.29) is 6.61 Å². The van der Waals surface area contributed by atoms with Crippen LogP contribution >= 0.6 is 23.4 Å². The molecule has 3 nitrogen and oxygen atoms in total. The molecule has 0 unspecified atom stereocenters. The zero-order chi connectivity index (χ0) is 13.0. The van der Waals surface area contributed by atoms with E-state index in [2.05, 4.69) is 9.97 Å². The summed E-state index contributed by atoms with van der Waals surface area (Å²) in [6.07, 6.45) is 1.68. The molecule has 0 atom stereocenters. The maximum absolute atomic E-state index is 9.05.